The lowest BCUT2D eigenvalue weighted by Crippen LogP contribution is -2.51. The fraction of sp³-hybridized carbons (Fsp3) is 0.385. The molecule has 206 valence electrons. The van der Waals surface area contributed by atoms with E-state index in [2.05, 4.69) is 20.3 Å². The van der Waals surface area contributed by atoms with E-state index < -0.39 is 59.5 Å². The van der Waals surface area contributed by atoms with Gasteiger partial charge < -0.3 is 14.5 Å². The summed E-state index contributed by atoms with van der Waals surface area (Å²) in [7, 11) is 2.81. The second-order valence-corrected chi connectivity index (χ2v) is 9.76. The smallest absolute Gasteiger partial charge is 0.417 e. The molecule has 1 N–H and O–H groups in total. The lowest BCUT2D eigenvalue weighted by molar-refractivity contribution is -0.286. The fourth-order valence-electron chi connectivity index (χ4n) is 5.11. The van der Waals surface area contributed by atoms with Gasteiger partial charge in [-0.2, -0.15) is 17.6 Å². The van der Waals surface area contributed by atoms with Gasteiger partial charge in [-0.1, -0.05) is 11.3 Å². The second-order valence-electron chi connectivity index (χ2n) is 9.76. The predicted molar refractivity (Wildman–Crippen MR) is 131 cm³/mol. The minimum atomic E-state index is -4.74. The zero-order valence-electron chi connectivity index (χ0n) is 21.4. The number of aromatic nitrogens is 5. The number of nitrogens with zero attached hydrogens (tertiary/aromatic N) is 4. The van der Waals surface area contributed by atoms with Gasteiger partial charge in [-0.25, -0.2) is 4.39 Å². The maximum Gasteiger partial charge on any atom is 0.417 e. The summed E-state index contributed by atoms with van der Waals surface area (Å²) in [5, 5.41) is 8.29. The summed E-state index contributed by atoms with van der Waals surface area (Å²) >= 11 is 0. The maximum absolute atomic E-state index is 14.7. The molecule has 1 aliphatic heterocycles. The number of rotatable bonds is 4. The number of pyridine rings is 2. The fourth-order valence-corrected chi connectivity index (χ4v) is 5.11. The Labute approximate surface area is 218 Å². The van der Waals surface area contributed by atoms with Crippen molar-refractivity contribution < 1.29 is 31.4 Å². The van der Waals surface area contributed by atoms with Crippen molar-refractivity contribution in [3.8, 4) is 17.1 Å². The van der Waals surface area contributed by atoms with Gasteiger partial charge in [-0.15, -0.1) is 5.10 Å². The molecule has 13 heteroatoms. The molecule has 0 aliphatic carbocycles. The predicted octanol–water partition coefficient (Wildman–Crippen LogP) is 4.92. The number of H-pyrrole nitrogens is 1. The Morgan fingerprint density at radius 1 is 1.18 bits per heavy atom. The van der Waals surface area contributed by atoms with Crippen LogP contribution >= 0.6 is 0 Å². The largest absolute Gasteiger partial charge is 0.493 e. The van der Waals surface area contributed by atoms with Crippen molar-refractivity contribution in [2.75, 3.05) is 13.7 Å². The number of methoxy groups -OCH3 is 1. The molecule has 4 aromatic rings. The van der Waals surface area contributed by atoms with Crippen molar-refractivity contribution in [1.82, 2.24) is 25.0 Å². The Bertz CT molecular complexity index is 1630. The van der Waals surface area contributed by atoms with Crippen molar-refractivity contribution in [1.29, 1.82) is 0 Å². The first-order valence-corrected chi connectivity index (χ1v) is 12.0. The van der Waals surface area contributed by atoms with Gasteiger partial charge in [-0.05, 0) is 32.4 Å². The second kappa shape index (κ2) is 9.40. The van der Waals surface area contributed by atoms with Gasteiger partial charge in [0.15, 0.2) is 22.6 Å². The van der Waals surface area contributed by atoms with E-state index in [4.69, 9.17) is 9.47 Å². The molecule has 1 aromatic carbocycles. The van der Waals surface area contributed by atoms with Gasteiger partial charge in [0.1, 0.15) is 11.4 Å². The number of ether oxygens (including phenoxy) is 2. The first-order valence-electron chi connectivity index (χ1n) is 12.0. The minimum Gasteiger partial charge on any atom is -0.493 e. The van der Waals surface area contributed by atoms with Crippen molar-refractivity contribution in [3.63, 3.8) is 0 Å². The van der Waals surface area contributed by atoms with E-state index in [-0.39, 0.29) is 16.6 Å². The highest BCUT2D eigenvalue weighted by atomic mass is 19.4. The van der Waals surface area contributed by atoms with Crippen molar-refractivity contribution in [2.24, 2.45) is 7.05 Å². The molecule has 0 unspecified atom stereocenters. The highest BCUT2D eigenvalue weighted by molar-refractivity contribution is 5.91. The standard InChI is InChI=1S/C26H24F5N5O3/c1-12-22(34-35-36(12)3)23-20-17(7-8-32-23)33-18(9-19(20)37)15-11-39-25(2,26(29,30)31)10-14(15)13-5-6-16(27)21(28)24(13)38-4/h5-9,14-15H,10-11H2,1-4H3,(H,33,37)/t14-,15+,25+/m0/s1. The highest BCUT2D eigenvalue weighted by Crippen LogP contribution is 2.51. The van der Waals surface area contributed by atoms with E-state index in [1.807, 2.05) is 0 Å². The average molecular weight is 550 g/mol. The van der Waals surface area contributed by atoms with Crippen LogP contribution in [-0.4, -0.2) is 50.5 Å². The number of fused-ring (bicyclic) bond motifs is 1. The maximum atomic E-state index is 14.7. The van der Waals surface area contributed by atoms with E-state index in [9.17, 15) is 26.7 Å². The lowest BCUT2D eigenvalue weighted by Gasteiger charge is -2.44. The van der Waals surface area contributed by atoms with Crippen LogP contribution in [0, 0.1) is 18.6 Å². The number of alkyl halides is 3. The molecule has 8 nitrogen and oxygen atoms in total. The number of halogens is 5. The molecule has 3 atom stereocenters. The molecule has 0 saturated carbocycles. The van der Waals surface area contributed by atoms with Gasteiger partial charge in [0.25, 0.3) is 0 Å². The zero-order chi connectivity index (χ0) is 28.3. The van der Waals surface area contributed by atoms with Crippen molar-refractivity contribution in [2.45, 2.75) is 43.9 Å². The molecule has 0 amide bonds. The Morgan fingerprint density at radius 3 is 2.56 bits per heavy atom. The Kier molecular flexibility index (Phi) is 6.44. The summed E-state index contributed by atoms with van der Waals surface area (Å²) in [5.41, 5.74) is -0.965. The first-order chi connectivity index (χ1) is 18.4. The normalized spacial score (nSPS) is 21.9. The molecule has 0 radical (unpaired) electrons. The number of benzene rings is 1. The third kappa shape index (κ3) is 4.34. The van der Waals surface area contributed by atoms with Crippen LogP contribution in [0.2, 0.25) is 0 Å². The minimum absolute atomic E-state index is 0.0340. The number of hydrogen-bond acceptors (Lipinski definition) is 6. The number of nitrogens with one attached hydrogen (secondary N) is 1. The number of aryl methyl sites for hydroxylation is 1. The van der Waals surface area contributed by atoms with E-state index in [0.717, 1.165) is 20.1 Å². The van der Waals surface area contributed by atoms with E-state index in [1.54, 1.807) is 20.0 Å². The Morgan fingerprint density at radius 2 is 1.92 bits per heavy atom. The molecular formula is C26H24F5N5O3. The van der Waals surface area contributed by atoms with Gasteiger partial charge in [-0.3, -0.25) is 14.5 Å². The molecule has 0 bridgehead atoms. The first kappa shape index (κ1) is 26.7. The Balaban J connectivity index is 1.68. The summed E-state index contributed by atoms with van der Waals surface area (Å²) in [6.45, 7) is 2.23. The van der Waals surface area contributed by atoms with Crippen LogP contribution in [0.3, 0.4) is 0 Å². The Hall–Kier alpha value is -3.87. The zero-order valence-corrected chi connectivity index (χ0v) is 21.4. The molecule has 39 heavy (non-hydrogen) atoms. The highest BCUT2D eigenvalue weighted by Gasteiger charge is 2.57. The van der Waals surface area contributed by atoms with Gasteiger partial charge in [0.05, 0.1) is 30.3 Å². The van der Waals surface area contributed by atoms with Crippen LogP contribution in [0.15, 0.2) is 35.3 Å². The molecule has 1 saturated heterocycles. The van der Waals surface area contributed by atoms with Crippen LogP contribution in [0.5, 0.6) is 5.75 Å². The summed E-state index contributed by atoms with van der Waals surface area (Å²) in [5.74, 6) is -4.91. The van der Waals surface area contributed by atoms with Gasteiger partial charge in [0.2, 0.25) is 5.82 Å². The van der Waals surface area contributed by atoms with E-state index >= 15 is 0 Å². The van der Waals surface area contributed by atoms with Crippen molar-refractivity contribution in [3.05, 3.63) is 69.3 Å². The number of hydrogen-bond donors (Lipinski definition) is 1. The SMILES string of the molecule is COc1c([C@@H]2C[C@](C)(C(F)(F)F)OC[C@H]2c2cc(=O)c3c(-c4nnn(C)c4C)nccc3[nH]2)ccc(F)c1F. The molecular weight excluding hydrogens is 525 g/mol. The monoisotopic (exact) mass is 549 g/mol. The third-order valence-corrected chi connectivity index (χ3v) is 7.45. The van der Waals surface area contributed by atoms with E-state index in [1.165, 1.54) is 23.0 Å². The average Bonchev–Trinajstić information content (AvgIpc) is 3.22. The quantitative estimate of drug-likeness (QED) is 0.363. The summed E-state index contributed by atoms with van der Waals surface area (Å²) in [6, 6.07) is 4.87. The summed E-state index contributed by atoms with van der Waals surface area (Å²) < 4.78 is 82.7. The van der Waals surface area contributed by atoms with Crippen LogP contribution in [0.25, 0.3) is 22.3 Å². The third-order valence-electron chi connectivity index (χ3n) is 7.45. The van der Waals surface area contributed by atoms with Gasteiger partial charge >= 0.3 is 6.18 Å². The molecule has 5 rings (SSSR count). The lowest BCUT2D eigenvalue weighted by atomic mass is 9.74. The molecule has 1 aliphatic rings. The topological polar surface area (TPSA) is 94.9 Å². The van der Waals surface area contributed by atoms with Crippen LogP contribution in [0.4, 0.5) is 22.0 Å². The van der Waals surface area contributed by atoms with Crippen molar-refractivity contribution >= 4 is 10.9 Å². The van der Waals surface area contributed by atoms with E-state index in [0.29, 0.717) is 22.6 Å². The summed E-state index contributed by atoms with van der Waals surface area (Å²) in [6.07, 6.45) is -3.89. The van der Waals surface area contributed by atoms with Crippen LogP contribution in [0.1, 0.15) is 42.1 Å². The number of aromatic amines is 1. The molecule has 0 spiro atoms. The van der Waals surface area contributed by atoms with Crippen LogP contribution in [-0.2, 0) is 11.8 Å². The van der Waals surface area contributed by atoms with Gasteiger partial charge in [0, 0.05) is 42.4 Å². The molecule has 4 heterocycles. The molecule has 3 aromatic heterocycles. The van der Waals surface area contributed by atoms with Crippen LogP contribution < -0.4 is 10.2 Å². The summed E-state index contributed by atoms with van der Waals surface area (Å²) in [4.78, 5) is 20.9. The molecule has 1 fully saturated rings.